The average molecular weight is 167 g/mol. The Balaban J connectivity index is 2.23. The van der Waals surface area contributed by atoms with Gasteiger partial charge in [0.2, 0.25) is 5.91 Å². The molecule has 1 aliphatic carbocycles. The first-order chi connectivity index (χ1) is 5.51. The van der Waals surface area contributed by atoms with E-state index in [-0.39, 0.29) is 5.91 Å². The van der Waals surface area contributed by atoms with E-state index in [2.05, 4.69) is 26.1 Å². The first-order valence-corrected chi connectivity index (χ1v) is 4.81. The van der Waals surface area contributed by atoms with Gasteiger partial charge in [-0.2, -0.15) is 0 Å². The number of rotatable bonds is 0. The molecule has 1 amide bonds. The van der Waals surface area contributed by atoms with E-state index in [1.165, 1.54) is 6.42 Å². The van der Waals surface area contributed by atoms with E-state index in [0.29, 0.717) is 23.3 Å². The zero-order valence-electron chi connectivity index (χ0n) is 8.05. The second-order valence-corrected chi connectivity index (χ2v) is 4.92. The Hall–Kier alpha value is -0.530. The number of carbonyl (C=O) groups is 1. The molecule has 12 heavy (non-hydrogen) atoms. The van der Waals surface area contributed by atoms with Gasteiger partial charge in [0.05, 0.1) is 0 Å². The van der Waals surface area contributed by atoms with Crippen LogP contribution in [0.4, 0.5) is 0 Å². The van der Waals surface area contributed by atoms with Gasteiger partial charge in [0.1, 0.15) is 0 Å². The van der Waals surface area contributed by atoms with Crippen molar-refractivity contribution >= 4 is 5.91 Å². The normalized spacial score (nSPS) is 44.2. The molecule has 2 heterocycles. The van der Waals surface area contributed by atoms with Crippen molar-refractivity contribution in [3.05, 3.63) is 0 Å². The number of nitrogens with one attached hydrogen (secondary N) is 1. The first-order valence-electron chi connectivity index (χ1n) is 4.81. The third-order valence-electron chi connectivity index (χ3n) is 3.97. The molecule has 3 rings (SSSR count). The van der Waals surface area contributed by atoms with Gasteiger partial charge in [0.15, 0.2) is 0 Å². The zero-order chi connectivity index (χ0) is 8.93. The Morgan fingerprint density at radius 2 is 2.17 bits per heavy atom. The van der Waals surface area contributed by atoms with Crippen molar-refractivity contribution in [1.82, 2.24) is 5.32 Å². The Kier molecular flexibility index (Phi) is 1.51. The number of fused-ring (bicyclic) bond motifs is 3. The molecular weight excluding hydrogens is 150 g/mol. The molecule has 3 aliphatic rings. The third kappa shape index (κ3) is 0.900. The molecule has 2 heteroatoms. The van der Waals surface area contributed by atoms with Crippen molar-refractivity contribution in [2.45, 2.75) is 39.7 Å². The Morgan fingerprint density at radius 1 is 1.50 bits per heavy atom. The minimum Gasteiger partial charge on any atom is -0.353 e. The maximum atomic E-state index is 11.3. The van der Waals surface area contributed by atoms with Gasteiger partial charge in [0.25, 0.3) is 0 Å². The first kappa shape index (κ1) is 8.09. The maximum absolute atomic E-state index is 11.3. The van der Waals surface area contributed by atoms with Gasteiger partial charge < -0.3 is 5.32 Å². The van der Waals surface area contributed by atoms with Gasteiger partial charge in [0, 0.05) is 12.5 Å². The molecule has 2 aliphatic heterocycles. The van der Waals surface area contributed by atoms with Crippen molar-refractivity contribution in [2.75, 3.05) is 0 Å². The number of hydrogen-bond donors (Lipinski definition) is 1. The van der Waals surface area contributed by atoms with Gasteiger partial charge >= 0.3 is 0 Å². The van der Waals surface area contributed by atoms with Gasteiger partial charge in [-0.1, -0.05) is 13.8 Å². The monoisotopic (exact) mass is 167 g/mol. The van der Waals surface area contributed by atoms with Crippen LogP contribution in [0.1, 0.15) is 33.6 Å². The van der Waals surface area contributed by atoms with Gasteiger partial charge in [-0.3, -0.25) is 4.79 Å². The summed E-state index contributed by atoms with van der Waals surface area (Å²) < 4.78 is 0. The van der Waals surface area contributed by atoms with Crippen LogP contribution in [-0.4, -0.2) is 11.9 Å². The molecule has 68 valence electrons. The van der Waals surface area contributed by atoms with E-state index in [4.69, 9.17) is 0 Å². The smallest absolute Gasteiger partial charge is 0.220 e. The fourth-order valence-electron chi connectivity index (χ4n) is 2.89. The second-order valence-electron chi connectivity index (χ2n) is 4.92. The van der Waals surface area contributed by atoms with Crippen LogP contribution in [0.15, 0.2) is 0 Å². The maximum Gasteiger partial charge on any atom is 0.220 e. The highest BCUT2D eigenvalue weighted by molar-refractivity contribution is 5.77. The van der Waals surface area contributed by atoms with Crippen molar-refractivity contribution in [3.8, 4) is 0 Å². The lowest BCUT2D eigenvalue weighted by Crippen LogP contribution is -2.49. The lowest BCUT2D eigenvalue weighted by atomic mass is 9.53. The summed E-state index contributed by atoms with van der Waals surface area (Å²) in [7, 11) is 0. The number of hydrogen-bond acceptors (Lipinski definition) is 1. The lowest BCUT2D eigenvalue weighted by molar-refractivity contribution is -0.122. The summed E-state index contributed by atoms with van der Waals surface area (Å²) >= 11 is 0. The minimum absolute atomic E-state index is 0.251. The van der Waals surface area contributed by atoms with Crippen LogP contribution in [0.2, 0.25) is 0 Å². The van der Waals surface area contributed by atoms with Crippen molar-refractivity contribution in [2.24, 2.45) is 17.3 Å². The van der Waals surface area contributed by atoms with Crippen molar-refractivity contribution in [1.29, 1.82) is 0 Å². The Morgan fingerprint density at radius 3 is 2.75 bits per heavy atom. The molecule has 1 N–H and O–H groups in total. The van der Waals surface area contributed by atoms with Crippen LogP contribution in [0.25, 0.3) is 0 Å². The van der Waals surface area contributed by atoms with Crippen LogP contribution in [0.5, 0.6) is 0 Å². The van der Waals surface area contributed by atoms with Crippen LogP contribution in [0, 0.1) is 17.3 Å². The van der Waals surface area contributed by atoms with Crippen LogP contribution >= 0.6 is 0 Å². The van der Waals surface area contributed by atoms with Crippen molar-refractivity contribution < 1.29 is 4.79 Å². The zero-order valence-corrected chi connectivity index (χ0v) is 8.05. The quantitative estimate of drug-likeness (QED) is 0.583. The Labute approximate surface area is 73.7 Å². The summed E-state index contributed by atoms with van der Waals surface area (Å²) in [6.45, 7) is 6.72. The molecule has 0 unspecified atom stereocenters. The molecule has 3 fully saturated rings. The van der Waals surface area contributed by atoms with Crippen LogP contribution in [0.3, 0.4) is 0 Å². The predicted molar refractivity (Wildman–Crippen MR) is 47.6 cm³/mol. The van der Waals surface area contributed by atoms with Crippen LogP contribution < -0.4 is 5.32 Å². The molecule has 3 atom stereocenters. The second kappa shape index (κ2) is 2.24. The SMILES string of the molecule is C[C@H]1NC(=O)C[C@@H]2C[C@H]1C2(C)C. The van der Waals surface area contributed by atoms with Crippen LogP contribution in [-0.2, 0) is 4.79 Å². The number of carbonyl (C=O) groups excluding carboxylic acids is 1. The van der Waals surface area contributed by atoms with E-state index in [1.807, 2.05) is 0 Å². The highest BCUT2D eigenvalue weighted by Gasteiger charge is 2.52. The molecule has 2 saturated heterocycles. The van der Waals surface area contributed by atoms with E-state index >= 15 is 0 Å². The summed E-state index contributed by atoms with van der Waals surface area (Å²) in [6, 6.07) is 0.381. The fraction of sp³-hybridized carbons (Fsp3) is 0.900. The van der Waals surface area contributed by atoms with Crippen molar-refractivity contribution in [3.63, 3.8) is 0 Å². The van der Waals surface area contributed by atoms with E-state index < -0.39 is 0 Å². The van der Waals surface area contributed by atoms with Gasteiger partial charge in [-0.05, 0) is 30.6 Å². The molecule has 2 nitrogen and oxygen atoms in total. The lowest BCUT2D eigenvalue weighted by Gasteiger charge is -2.52. The molecule has 0 aromatic carbocycles. The average Bonchev–Trinajstić information content (AvgIpc) is 2.14. The molecule has 2 bridgehead atoms. The summed E-state index contributed by atoms with van der Waals surface area (Å²) in [5.74, 6) is 1.59. The predicted octanol–water partition coefficient (Wildman–Crippen LogP) is 1.56. The highest BCUT2D eigenvalue weighted by Crippen LogP contribution is 2.55. The molecular formula is C10H17NO. The van der Waals surface area contributed by atoms with Gasteiger partial charge in [-0.25, -0.2) is 0 Å². The number of amides is 1. The van der Waals surface area contributed by atoms with E-state index in [9.17, 15) is 4.79 Å². The molecule has 0 aromatic rings. The standard InChI is InChI=1S/C10H17NO/c1-6-8-4-7(10(8,2)3)5-9(12)11-6/h6-8H,4-5H2,1-3H3,(H,11,12)/t6-,7+,8-/m1/s1. The fourth-order valence-corrected chi connectivity index (χ4v) is 2.89. The van der Waals surface area contributed by atoms with E-state index in [1.54, 1.807) is 0 Å². The largest absolute Gasteiger partial charge is 0.353 e. The highest BCUT2D eigenvalue weighted by atomic mass is 16.1. The summed E-state index contributed by atoms with van der Waals surface area (Å²) in [6.07, 6.45) is 1.99. The third-order valence-corrected chi connectivity index (χ3v) is 3.97. The summed E-state index contributed by atoms with van der Waals surface area (Å²) in [5, 5.41) is 3.05. The molecule has 0 radical (unpaired) electrons. The van der Waals surface area contributed by atoms with Gasteiger partial charge in [-0.15, -0.1) is 0 Å². The minimum atomic E-state index is 0.251. The summed E-state index contributed by atoms with van der Waals surface area (Å²) in [5.41, 5.74) is 0.387. The molecule has 0 spiro atoms. The topological polar surface area (TPSA) is 29.1 Å². The summed E-state index contributed by atoms with van der Waals surface area (Å²) in [4.78, 5) is 11.3. The molecule has 0 aromatic heterocycles. The van der Waals surface area contributed by atoms with E-state index in [0.717, 1.165) is 6.42 Å². The molecule has 1 saturated carbocycles. The Bertz CT molecular complexity index is 222.